The molecule has 0 atom stereocenters. The van der Waals surface area contributed by atoms with Gasteiger partial charge in [0.25, 0.3) is 0 Å². The molecule has 0 saturated carbocycles. The van der Waals surface area contributed by atoms with Gasteiger partial charge in [0.2, 0.25) is 0 Å². The van der Waals surface area contributed by atoms with E-state index in [0.29, 0.717) is 17.5 Å². The van der Waals surface area contributed by atoms with Gasteiger partial charge >= 0.3 is 0 Å². The van der Waals surface area contributed by atoms with E-state index in [1.807, 2.05) is 6.07 Å². The Bertz CT molecular complexity index is 538. The lowest BCUT2D eigenvalue weighted by Crippen LogP contribution is -2.26. The lowest BCUT2D eigenvalue weighted by Gasteiger charge is -2.26. The lowest BCUT2D eigenvalue weighted by molar-refractivity contribution is 0.236. The van der Waals surface area contributed by atoms with Gasteiger partial charge in [-0.15, -0.1) is 0 Å². The Balaban J connectivity index is 2.08. The molecule has 2 rings (SSSR count). The minimum Gasteiger partial charge on any atom is -0.320 e. The van der Waals surface area contributed by atoms with Crippen molar-refractivity contribution in [2.75, 3.05) is 19.6 Å². The molecule has 0 unspecified atom stereocenters. The molecule has 0 radical (unpaired) electrons. The highest BCUT2D eigenvalue weighted by Crippen LogP contribution is 2.37. The smallest absolute Gasteiger partial charge is 0.124 e. The molecule has 0 spiro atoms. The molecule has 0 aromatic heterocycles. The average Bonchev–Trinajstić information content (AvgIpc) is 2.88. The number of benzene rings is 1. The fourth-order valence-corrected chi connectivity index (χ4v) is 3.22. The highest BCUT2D eigenvalue weighted by molar-refractivity contribution is 5.38. The van der Waals surface area contributed by atoms with Crippen molar-refractivity contribution < 1.29 is 4.39 Å². The molecule has 2 nitrogen and oxygen atoms in total. The van der Waals surface area contributed by atoms with Crippen molar-refractivity contribution in [3.63, 3.8) is 0 Å². The van der Waals surface area contributed by atoms with E-state index in [-0.39, 0.29) is 5.82 Å². The maximum absolute atomic E-state index is 13.7. The second-order valence-electron chi connectivity index (χ2n) is 6.02. The van der Waals surface area contributed by atoms with Crippen molar-refractivity contribution in [3.8, 4) is 11.8 Å². The molecule has 21 heavy (non-hydrogen) atoms. The van der Waals surface area contributed by atoms with Crippen molar-refractivity contribution in [1.29, 1.82) is 0 Å². The van der Waals surface area contributed by atoms with Crippen LogP contribution in [0.1, 0.15) is 44.2 Å². The van der Waals surface area contributed by atoms with Gasteiger partial charge in [0.05, 0.1) is 6.54 Å². The zero-order valence-corrected chi connectivity index (χ0v) is 13.1. The third-order valence-electron chi connectivity index (χ3n) is 4.72. The summed E-state index contributed by atoms with van der Waals surface area (Å²) in [5.74, 6) is 5.48. The number of rotatable bonds is 4. The molecule has 114 valence electrons. The van der Waals surface area contributed by atoms with E-state index < -0.39 is 0 Å². The molecule has 0 amide bonds. The molecule has 1 aromatic rings. The molecule has 3 heteroatoms. The Hall–Kier alpha value is -1.37. The second kappa shape index (κ2) is 7.06. The molecular formula is C18H25FN2. The fourth-order valence-electron chi connectivity index (χ4n) is 3.22. The van der Waals surface area contributed by atoms with Crippen LogP contribution in [0.15, 0.2) is 18.2 Å². The summed E-state index contributed by atoms with van der Waals surface area (Å²) >= 11 is 0. The molecule has 1 aromatic carbocycles. The first-order chi connectivity index (χ1) is 10.1. The monoisotopic (exact) mass is 288 g/mol. The Morgan fingerprint density at radius 1 is 1.29 bits per heavy atom. The van der Waals surface area contributed by atoms with Gasteiger partial charge in [-0.2, -0.15) is 0 Å². The maximum Gasteiger partial charge on any atom is 0.124 e. The maximum atomic E-state index is 13.7. The van der Waals surface area contributed by atoms with Crippen LogP contribution in [0.5, 0.6) is 0 Å². The zero-order chi connectivity index (χ0) is 15.3. The Morgan fingerprint density at radius 2 is 2.05 bits per heavy atom. The van der Waals surface area contributed by atoms with E-state index in [9.17, 15) is 4.39 Å². The molecule has 1 heterocycles. The average molecular weight is 288 g/mol. The van der Waals surface area contributed by atoms with E-state index in [0.717, 1.165) is 25.2 Å². The van der Waals surface area contributed by atoms with Crippen LogP contribution in [-0.4, -0.2) is 24.5 Å². The van der Waals surface area contributed by atoms with Crippen molar-refractivity contribution in [1.82, 2.24) is 4.90 Å². The van der Waals surface area contributed by atoms with Gasteiger partial charge in [-0.05, 0) is 55.0 Å². The molecular weight excluding hydrogens is 263 g/mol. The number of halogens is 1. The highest BCUT2D eigenvalue weighted by atomic mass is 19.1. The number of hydrogen-bond acceptors (Lipinski definition) is 2. The van der Waals surface area contributed by atoms with E-state index in [1.54, 1.807) is 6.07 Å². The standard InChI is InChI=1S/C18H25FN2/c1-3-18(4-2)7-9-21(14-18)13-16-10-15(6-5-8-20)11-17(19)12-16/h10-12H,3-4,7-9,13-14,20H2,1-2H3. The summed E-state index contributed by atoms with van der Waals surface area (Å²) in [7, 11) is 0. The number of likely N-dealkylation sites (tertiary alicyclic amines) is 1. The van der Waals surface area contributed by atoms with Gasteiger partial charge in [0.15, 0.2) is 0 Å². The van der Waals surface area contributed by atoms with Crippen LogP contribution in [-0.2, 0) is 6.54 Å². The first-order valence-electron chi connectivity index (χ1n) is 7.81. The minimum atomic E-state index is -0.217. The van der Waals surface area contributed by atoms with Crippen LogP contribution >= 0.6 is 0 Å². The number of nitrogens with zero attached hydrogens (tertiary/aromatic N) is 1. The van der Waals surface area contributed by atoms with Crippen molar-refractivity contribution in [2.24, 2.45) is 11.1 Å². The molecule has 2 N–H and O–H groups in total. The normalized spacial score (nSPS) is 17.5. The van der Waals surface area contributed by atoms with E-state index in [2.05, 4.69) is 30.6 Å². The predicted molar refractivity (Wildman–Crippen MR) is 85.2 cm³/mol. The first kappa shape index (κ1) is 16.0. The SMILES string of the molecule is CCC1(CC)CCN(Cc2cc(F)cc(C#CCN)c2)C1. The summed E-state index contributed by atoms with van der Waals surface area (Å²) in [5.41, 5.74) is 7.54. The molecule has 0 bridgehead atoms. The Morgan fingerprint density at radius 3 is 2.67 bits per heavy atom. The summed E-state index contributed by atoms with van der Waals surface area (Å²) in [5, 5.41) is 0. The first-order valence-corrected chi connectivity index (χ1v) is 7.81. The number of hydrogen-bond donors (Lipinski definition) is 1. The molecule has 1 saturated heterocycles. The van der Waals surface area contributed by atoms with E-state index >= 15 is 0 Å². The van der Waals surface area contributed by atoms with E-state index in [4.69, 9.17) is 5.73 Å². The van der Waals surface area contributed by atoms with E-state index in [1.165, 1.54) is 25.3 Å². The van der Waals surface area contributed by atoms with Crippen molar-refractivity contribution in [2.45, 2.75) is 39.7 Å². The second-order valence-corrected chi connectivity index (χ2v) is 6.02. The topological polar surface area (TPSA) is 29.3 Å². The summed E-state index contributed by atoms with van der Waals surface area (Å²) in [6.07, 6.45) is 3.68. The van der Waals surface area contributed by atoms with Crippen LogP contribution in [0.2, 0.25) is 0 Å². The third-order valence-corrected chi connectivity index (χ3v) is 4.72. The molecule has 1 aliphatic rings. The zero-order valence-electron chi connectivity index (χ0n) is 13.1. The quantitative estimate of drug-likeness (QED) is 0.862. The fraction of sp³-hybridized carbons (Fsp3) is 0.556. The summed E-state index contributed by atoms with van der Waals surface area (Å²) < 4.78 is 13.7. The van der Waals surface area contributed by atoms with Gasteiger partial charge in [0, 0.05) is 18.7 Å². The van der Waals surface area contributed by atoms with Crippen LogP contribution in [0.25, 0.3) is 0 Å². The summed E-state index contributed by atoms with van der Waals surface area (Å²) in [4.78, 5) is 2.43. The number of nitrogens with two attached hydrogens (primary N) is 1. The third kappa shape index (κ3) is 4.06. The van der Waals surface area contributed by atoms with Crippen molar-refractivity contribution >= 4 is 0 Å². The Labute approximate surface area is 127 Å². The van der Waals surface area contributed by atoms with Crippen molar-refractivity contribution in [3.05, 3.63) is 35.1 Å². The summed E-state index contributed by atoms with van der Waals surface area (Å²) in [6.45, 7) is 7.86. The molecule has 1 aliphatic heterocycles. The minimum absolute atomic E-state index is 0.217. The predicted octanol–water partition coefficient (Wildman–Crippen LogP) is 3.15. The lowest BCUT2D eigenvalue weighted by atomic mass is 9.82. The molecule has 1 fully saturated rings. The van der Waals surface area contributed by atoms with Crippen LogP contribution in [0.3, 0.4) is 0 Å². The van der Waals surface area contributed by atoms with Gasteiger partial charge in [-0.3, -0.25) is 4.90 Å². The Kier molecular flexibility index (Phi) is 5.39. The van der Waals surface area contributed by atoms with Crippen LogP contribution in [0.4, 0.5) is 4.39 Å². The highest BCUT2D eigenvalue weighted by Gasteiger charge is 2.34. The van der Waals surface area contributed by atoms with Gasteiger partial charge in [-0.25, -0.2) is 4.39 Å². The van der Waals surface area contributed by atoms with Crippen LogP contribution in [0, 0.1) is 23.1 Å². The van der Waals surface area contributed by atoms with Gasteiger partial charge in [-0.1, -0.05) is 25.7 Å². The van der Waals surface area contributed by atoms with Gasteiger partial charge in [0.1, 0.15) is 5.82 Å². The van der Waals surface area contributed by atoms with Crippen LogP contribution < -0.4 is 5.73 Å². The summed E-state index contributed by atoms with van der Waals surface area (Å²) in [6, 6.07) is 5.06. The molecule has 0 aliphatic carbocycles. The largest absolute Gasteiger partial charge is 0.320 e. The van der Waals surface area contributed by atoms with Gasteiger partial charge < -0.3 is 5.73 Å².